The maximum atomic E-state index is 12.8. The normalized spacial score (nSPS) is 15.5. The highest BCUT2D eigenvalue weighted by molar-refractivity contribution is 9.10. The Morgan fingerprint density at radius 2 is 1.75 bits per heavy atom. The fraction of sp³-hybridized carbons (Fsp3) is 0. The molecule has 7 heteroatoms. The van der Waals surface area contributed by atoms with E-state index in [1.54, 1.807) is 24.3 Å². The molecule has 0 bridgehead atoms. The summed E-state index contributed by atoms with van der Waals surface area (Å²) in [4.78, 5) is 25.7. The fourth-order valence-electron chi connectivity index (χ4n) is 2.85. The second kappa shape index (κ2) is 7.87. The predicted octanol–water partition coefficient (Wildman–Crippen LogP) is 5.15. The molecular weight excluding hydrogens is 456 g/mol. The van der Waals surface area contributed by atoms with E-state index in [0.29, 0.717) is 14.8 Å². The molecule has 2 amide bonds. The van der Waals surface area contributed by atoms with E-state index in [0.717, 1.165) is 25.8 Å². The summed E-state index contributed by atoms with van der Waals surface area (Å²) in [5.74, 6) is -0.733. The van der Waals surface area contributed by atoms with Gasteiger partial charge in [-0.25, -0.2) is 0 Å². The van der Waals surface area contributed by atoms with Crippen molar-refractivity contribution in [3.63, 3.8) is 0 Å². The number of hydrogen-bond acceptors (Lipinski definition) is 4. The maximum absolute atomic E-state index is 12.8. The van der Waals surface area contributed by atoms with Gasteiger partial charge in [0.1, 0.15) is 0 Å². The SMILES string of the molecule is O=C(NN1C(=O)/C(=C/c2cccc3ccccc23)SC1=S)c1ccc(Br)cc1. The molecule has 0 aromatic heterocycles. The zero-order valence-electron chi connectivity index (χ0n) is 14.4. The van der Waals surface area contributed by atoms with Crippen LogP contribution in [-0.4, -0.2) is 21.1 Å². The van der Waals surface area contributed by atoms with Crippen LogP contribution < -0.4 is 5.43 Å². The lowest BCUT2D eigenvalue weighted by Gasteiger charge is -2.15. The van der Waals surface area contributed by atoms with Gasteiger partial charge in [0.2, 0.25) is 0 Å². The molecule has 1 aliphatic rings. The summed E-state index contributed by atoms with van der Waals surface area (Å²) in [5, 5.41) is 3.27. The topological polar surface area (TPSA) is 49.4 Å². The molecule has 3 aromatic rings. The van der Waals surface area contributed by atoms with Crippen LogP contribution in [0.15, 0.2) is 76.1 Å². The first-order valence-electron chi connectivity index (χ1n) is 8.35. The smallest absolute Gasteiger partial charge is 0.267 e. The van der Waals surface area contributed by atoms with E-state index in [1.807, 2.05) is 48.5 Å². The van der Waals surface area contributed by atoms with Gasteiger partial charge in [0.25, 0.3) is 11.8 Å². The van der Waals surface area contributed by atoms with Gasteiger partial charge in [0.05, 0.1) is 4.91 Å². The number of nitrogens with zero attached hydrogens (tertiary/aromatic N) is 1. The molecule has 1 fully saturated rings. The van der Waals surface area contributed by atoms with Gasteiger partial charge in [-0.1, -0.05) is 70.2 Å². The Morgan fingerprint density at radius 1 is 1.04 bits per heavy atom. The molecule has 4 nitrogen and oxygen atoms in total. The van der Waals surface area contributed by atoms with Gasteiger partial charge in [0.15, 0.2) is 4.32 Å². The number of halogens is 1. The number of carbonyl (C=O) groups is 2. The second-order valence-corrected chi connectivity index (χ2v) is 8.62. The summed E-state index contributed by atoms with van der Waals surface area (Å²) in [6.45, 7) is 0. The van der Waals surface area contributed by atoms with Crippen LogP contribution in [0.4, 0.5) is 0 Å². The van der Waals surface area contributed by atoms with Gasteiger partial charge in [-0.2, -0.15) is 5.01 Å². The minimum Gasteiger partial charge on any atom is -0.267 e. The number of amides is 2. The first-order valence-corrected chi connectivity index (χ1v) is 10.4. The van der Waals surface area contributed by atoms with Gasteiger partial charge in [0, 0.05) is 10.0 Å². The van der Waals surface area contributed by atoms with Crippen LogP contribution in [0.3, 0.4) is 0 Å². The minimum absolute atomic E-state index is 0.293. The highest BCUT2D eigenvalue weighted by Gasteiger charge is 2.33. The van der Waals surface area contributed by atoms with Gasteiger partial charge in [-0.05, 0) is 58.9 Å². The van der Waals surface area contributed by atoms with E-state index in [2.05, 4.69) is 21.4 Å². The van der Waals surface area contributed by atoms with E-state index in [9.17, 15) is 9.59 Å². The first kappa shape index (κ1) is 18.9. The molecule has 138 valence electrons. The van der Waals surface area contributed by atoms with Gasteiger partial charge in [-0.15, -0.1) is 0 Å². The van der Waals surface area contributed by atoms with Crippen LogP contribution >= 0.6 is 39.9 Å². The van der Waals surface area contributed by atoms with Crippen molar-refractivity contribution in [2.75, 3.05) is 0 Å². The molecule has 28 heavy (non-hydrogen) atoms. The molecule has 1 heterocycles. The van der Waals surface area contributed by atoms with Crippen LogP contribution in [-0.2, 0) is 4.79 Å². The lowest BCUT2D eigenvalue weighted by Crippen LogP contribution is -2.44. The summed E-state index contributed by atoms with van der Waals surface area (Å²) in [6.07, 6.45) is 1.81. The van der Waals surface area contributed by atoms with Crippen molar-refractivity contribution < 1.29 is 9.59 Å². The van der Waals surface area contributed by atoms with E-state index < -0.39 is 5.91 Å². The van der Waals surface area contributed by atoms with Crippen LogP contribution in [0.25, 0.3) is 16.8 Å². The van der Waals surface area contributed by atoms with Crippen LogP contribution in [0.1, 0.15) is 15.9 Å². The zero-order valence-corrected chi connectivity index (χ0v) is 17.6. The van der Waals surface area contributed by atoms with E-state index in [4.69, 9.17) is 12.2 Å². The van der Waals surface area contributed by atoms with E-state index in [1.165, 1.54) is 11.8 Å². The van der Waals surface area contributed by atoms with Gasteiger partial charge in [-0.3, -0.25) is 15.0 Å². The maximum Gasteiger partial charge on any atom is 0.285 e. The molecule has 0 spiro atoms. The van der Waals surface area contributed by atoms with Crippen molar-refractivity contribution in [2.24, 2.45) is 0 Å². The Labute approximate surface area is 179 Å². The largest absolute Gasteiger partial charge is 0.285 e. The molecule has 0 aliphatic carbocycles. The number of hydrazine groups is 1. The summed E-state index contributed by atoms with van der Waals surface area (Å²) in [6, 6.07) is 20.8. The third-order valence-electron chi connectivity index (χ3n) is 4.22. The van der Waals surface area contributed by atoms with Crippen LogP contribution in [0.2, 0.25) is 0 Å². The van der Waals surface area contributed by atoms with Gasteiger partial charge < -0.3 is 0 Å². The number of carbonyl (C=O) groups excluding carboxylic acids is 2. The molecular formula is C21H13BrN2O2S2. The third kappa shape index (κ3) is 3.73. The molecule has 1 saturated heterocycles. The number of benzene rings is 3. The Morgan fingerprint density at radius 3 is 2.54 bits per heavy atom. The van der Waals surface area contributed by atoms with Crippen LogP contribution in [0.5, 0.6) is 0 Å². The minimum atomic E-state index is -0.393. The molecule has 0 radical (unpaired) electrons. The summed E-state index contributed by atoms with van der Waals surface area (Å²) in [5.41, 5.74) is 3.96. The number of thiocarbonyl (C=S) groups is 1. The molecule has 1 N–H and O–H groups in total. The van der Waals surface area contributed by atoms with E-state index in [-0.39, 0.29) is 5.91 Å². The average molecular weight is 469 g/mol. The molecule has 4 rings (SSSR count). The monoisotopic (exact) mass is 468 g/mol. The molecule has 0 atom stereocenters. The van der Waals surface area contributed by atoms with Crippen molar-refractivity contribution in [1.29, 1.82) is 0 Å². The Balaban J connectivity index is 1.59. The van der Waals surface area contributed by atoms with Crippen molar-refractivity contribution in [3.8, 4) is 0 Å². The number of thioether (sulfide) groups is 1. The molecule has 0 saturated carbocycles. The molecule has 0 unspecified atom stereocenters. The van der Waals surface area contributed by atoms with Crippen molar-refractivity contribution in [1.82, 2.24) is 10.4 Å². The Hall–Kier alpha value is -2.48. The average Bonchev–Trinajstić information content (AvgIpc) is 2.96. The Kier molecular flexibility index (Phi) is 5.30. The van der Waals surface area contributed by atoms with Crippen molar-refractivity contribution in [2.45, 2.75) is 0 Å². The first-order chi connectivity index (χ1) is 13.5. The Bertz CT molecular complexity index is 1140. The zero-order chi connectivity index (χ0) is 19.7. The number of hydrogen-bond donors (Lipinski definition) is 1. The van der Waals surface area contributed by atoms with Crippen LogP contribution in [0, 0.1) is 0 Å². The van der Waals surface area contributed by atoms with Crippen molar-refractivity contribution >= 4 is 72.9 Å². The summed E-state index contributed by atoms with van der Waals surface area (Å²) < 4.78 is 1.16. The highest BCUT2D eigenvalue weighted by atomic mass is 79.9. The second-order valence-electron chi connectivity index (χ2n) is 6.03. The summed E-state index contributed by atoms with van der Waals surface area (Å²) in [7, 11) is 0. The number of nitrogens with one attached hydrogen (secondary N) is 1. The quantitative estimate of drug-likeness (QED) is 0.426. The standard InChI is InChI=1S/C21H13BrN2O2S2/c22-16-10-8-14(9-11-16)19(25)23-24-20(26)18(28-21(24)27)12-15-6-3-5-13-4-1-2-7-17(13)15/h1-12H,(H,23,25)/b18-12-. The predicted molar refractivity (Wildman–Crippen MR) is 121 cm³/mol. The van der Waals surface area contributed by atoms with Crippen molar-refractivity contribution in [3.05, 3.63) is 87.2 Å². The van der Waals surface area contributed by atoms with E-state index >= 15 is 0 Å². The highest BCUT2D eigenvalue weighted by Crippen LogP contribution is 2.33. The van der Waals surface area contributed by atoms with Gasteiger partial charge >= 0.3 is 0 Å². The fourth-order valence-corrected chi connectivity index (χ4v) is 4.28. The molecule has 1 aliphatic heterocycles. The third-order valence-corrected chi connectivity index (χ3v) is 6.05. The lowest BCUT2D eigenvalue weighted by molar-refractivity contribution is -0.123. The number of rotatable bonds is 3. The number of fused-ring (bicyclic) bond motifs is 1. The summed E-state index contributed by atoms with van der Waals surface area (Å²) >= 11 is 9.80. The molecule has 3 aromatic carbocycles. The lowest BCUT2D eigenvalue weighted by atomic mass is 10.0.